The molecule has 0 aliphatic heterocycles. The topological polar surface area (TPSA) is 38.1 Å². The summed E-state index contributed by atoms with van der Waals surface area (Å²) >= 11 is 12.6. The van der Waals surface area contributed by atoms with Crippen molar-refractivity contribution in [2.24, 2.45) is 7.05 Å². The Morgan fingerprint density at radius 3 is 2.52 bits per heavy atom. The molecule has 0 fully saturated rings. The van der Waals surface area contributed by atoms with E-state index >= 15 is 0 Å². The van der Waals surface area contributed by atoms with Gasteiger partial charge in [0.05, 0.1) is 5.69 Å². The first-order valence-corrected chi connectivity index (χ1v) is 10.0. The van der Waals surface area contributed by atoms with Crippen molar-refractivity contribution in [1.29, 1.82) is 0 Å². The van der Waals surface area contributed by atoms with Gasteiger partial charge in [-0.3, -0.25) is 4.98 Å². The maximum Gasteiger partial charge on any atom is 0.108 e. The van der Waals surface area contributed by atoms with Gasteiger partial charge in [0, 0.05) is 57.9 Å². The molecule has 146 valence electrons. The quantitative estimate of drug-likeness (QED) is 0.410. The summed E-state index contributed by atoms with van der Waals surface area (Å²) in [7, 11) is 1.98. The van der Waals surface area contributed by atoms with Crippen molar-refractivity contribution < 1.29 is 5.11 Å². The molecule has 2 heterocycles. The molecule has 0 aliphatic carbocycles. The van der Waals surface area contributed by atoms with Crippen LogP contribution in [0.25, 0.3) is 22.4 Å². The van der Waals surface area contributed by atoms with Gasteiger partial charge in [0.25, 0.3) is 0 Å². The van der Waals surface area contributed by atoms with Crippen molar-refractivity contribution in [3.63, 3.8) is 0 Å². The van der Waals surface area contributed by atoms with Gasteiger partial charge in [0.15, 0.2) is 0 Å². The van der Waals surface area contributed by atoms with Gasteiger partial charge in [0.2, 0.25) is 0 Å². The summed E-state index contributed by atoms with van der Waals surface area (Å²) in [4.78, 5) is 4.18. The SMILES string of the molecule is Cc1cccc(-c2c(C(O)c3cccnc3)c(-c3ccc(Cl)cc3Cl)cn2C)c1. The van der Waals surface area contributed by atoms with Crippen molar-refractivity contribution in [3.05, 3.63) is 99.9 Å². The van der Waals surface area contributed by atoms with Crippen LogP contribution in [0.15, 0.2) is 73.2 Å². The molecule has 0 saturated carbocycles. The molecule has 0 bridgehead atoms. The first-order chi connectivity index (χ1) is 14.0. The molecule has 0 radical (unpaired) electrons. The summed E-state index contributed by atoms with van der Waals surface area (Å²) in [6.07, 6.45) is 4.52. The first-order valence-electron chi connectivity index (χ1n) is 9.25. The van der Waals surface area contributed by atoms with Crippen LogP contribution in [-0.2, 0) is 7.05 Å². The Balaban J connectivity index is 2.00. The van der Waals surface area contributed by atoms with Crippen molar-refractivity contribution in [2.75, 3.05) is 0 Å². The van der Waals surface area contributed by atoms with Crippen LogP contribution in [0, 0.1) is 6.92 Å². The number of aryl methyl sites for hydroxylation is 2. The largest absolute Gasteiger partial charge is 0.383 e. The predicted molar refractivity (Wildman–Crippen MR) is 119 cm³/mol. The third-order valence-corrected chi connectivity index (χ3v) is 5.55. The number of benzene rings is 2. The van der Waals surface area contributed by atoms with Crippen molar-refractivity contribution in [3.8, 4) is 22.4 Å². The summed E-state index contributed by atoms with van der Waals surface area (Å²) in [5.41, 5.74) is 6.31. The van der Waals surface area contributed by atoms with E-state index in [2.05, 4.69) is 30.1 Å². The molecule has 5 heteroatoms. The van der Waals surface area contributed by atoms with Gasteiger partial charge in [-0.2, -0.15) is 0 Å². The predicted octanol–water partition coefficient (Wildman–Crippen LogP) is 6.45. The highest BCUT2D eigenvalue weighted by atomic mass is 35.5. The second kappa shape index (κ2) is 8.03. The molecule has 4 rings (SSSR count). The number of hydrogen-bond acceptors (Lipinski definition) is 2. The van der Waals surface area contributed by atoms with E-state index in [1.165, 1.54) is 0 Å². The van der Waals surface area contributed by atoms with Gasteiger partial charge in [0.1, 0.15) is 6.10 Å². The zero-order valence-electron chi connectivity index (χ0n) is 16.1. The zero-order chi connectivity index (χ0) is 20.5. The summed E-state index contributed by atoms with van der Waals surface area (Å²) in [6, 6.07) is 17.4. The molecule has 2 aromatic heterocycles. The van der Waals surface area contributed by atoms with Crippen LogP contribution < -0.4 is 0 Å². The third-order valence-electron chi connectivity index (χ3n) is 5.01. The number of nitrogens with zero attached hydrogens (tertiary/aromatic N) is 2. The fourth-order valence-electron chi connectivity index (χ4n) is 3.70. The Hall–Kier alpha value is -2.59. The Kier molecular flexibility index (Phi) is 5.46. The molecule has 4 aromatic rings. The summed E-state index contributed by atoms with van der Waals surface area (Å²) in [6.45, 7) is 2.06. The second-order valence-corrected chi connectivity index (χ2v) is 7.94. The number of rotatable bonds is 4. The van der Waals surface area contributed by atoms with Crippen LogP contribution in [0.4, 0.5) is 0 Å². The zero-order valence-corrected chi connectivity index (χ0v) is 17.6. The molecule has 0 aliphatic rings. The van der Waals surface area contributed by atoms with Crippen molar-refractivity contribution >= 4 is 23.2 Å². The first kappa shape index (κ1) is 19.7. The van der Waals surface area contributed by atoms with E-state index in [1.807, 2.05) is 48.1 Å². The van der Waals surface area contributed by atoms with E-state index in [9.17, 15) is 5.11 Å². The lowest BCUT2D eigenvalue weighted by Gasteiger charge is -2.17. The summed E-state index contributed by atoms with van der Waals surface area (Å²) in [5.74, 6) is 0. The van der Waals surface area contributed by atoms with Gasteiger partial charge in [-0.25, -0.2) is 0 Å². The average Bonchev–Trinajstić information content (AvgIpc) is 3.05. The molecule has 2 aromatic carbocycles. The fourth-order valence-corrected chi connectivity index (χ4v) is 4.21. The smallest absolute Gasteiger partial charge is 0.108 e. The Labute approximate surface area is 180 Å². The maximum atomic E-state index is 11.4. The van der Waals surface area contributed by atoms with E-state index in [-0.39, 0.29) is 0 Å². The summed E-state index contributed by atoms with van der Waals surface area (Å²) < 4.78 is 2.03. The number of hydrogen-bond donors (Lipinski definition) is 1. The van der Waals surface area contributed by atoms with Gasteiger partial charge >= 0.3 is 0 Å². The van der Waals surface area contributed by atoms with Gasteiger partial charge in [-0.15, -0.1) is 0 Å². The van der Waals surface area contributed by atoms with E-state index in [4.69, 9.17) is 23.2 Å². The third kappa shape index (κ3) is 3.82. The Morgan fingerprint density at radius 2 is 1.83 bits per heavy atom. The lowest BCUT2D eigenvalue weighted by atomic mass is 9.92. The highest BCUT2D eigenvalue weighted by molar-refractivity contribution is 6.36. The lowest BCUT2D eigenvalue weighted by Crippen LogP contribution is -2.04. The molecule has 3 nitrogen and oxygen atoms in total. The normalized spacial score (nSPS) is 12.2. The minimum absolute atomic E-state index is 0.540. The molecule has 1 atom stereocenters. The lowest BCUT2D eigenvalue weighted by molar-refractivity contribution is 0.221. The van der Waals surface area contributed by atoms with E-state index in [0.717, 1.165) is 39.1 Å². The molecule has 0 spiro atoms. The summed E-state index contributed by atoms with van der Waals surface area (Å²) in [5, 5.41) is 12.5. The molecule has 0 amide bonds. The van der Waals surface area contributed by atoms with Crippen molar-refractivity contribution in [1.82, 2.24) is 9.55 Å². The monoisotopic (exact) mass is 422 g/mol. The molecule has 0 saturated heterocycles. The molecule has 1 N–H and O–H groups in total. The molecular formula is C24H20Cl2N2O. The Bertz CT molecular complexity index is 1170. The van der Waals surface area contributed by atoms with Gasteiger partial charge in [-0.05, 0) is 36.8 Å². The maximum absolute atomic E-state index is 11.4. The van der Waals surface area contributed by atoms with E-state index < -0.39 is 6.10 Å². The number of aliphatic hydroxyl groups excluding tert-OH is 1. The number of aliphatic hydroxyl groups is 1. The fraction of sp³-hybridized carbons (Fsp3) is 0.125. The van der Waals surface area contributed by atoms with Gasteiger partial charge in [-0.1, -0.05) is 59.1 Å². The molecule has 29 heavy (non-hydrogen) atoms. The minimum atomic E-state index is -0.859. The molecule has 1 unspecified atom stereocenters. The number of pyridine rings is 1. The second-order valence-electron chi connectivity index (χ2n) is 7.10. The standard InChI is InChI=1S/C24H20Cl2N2O/c1-15-5-3-6-16(11-15)23-22(24(29)17-7-4-10-27-13-17)20(14-28(23)2)19-9-8-18(25)12-21(19)26/h3-14,24,29H,1-2H3. The van der Waals surface area contributed by atoms with E-state index in [1.54, 1.807) is 18.5 Å². The van der Waals surface area contributed by atoms with Crippen LogP contribution >= 0.6 is 23.2 Å². The van der Waals surface area contributed by atoms with Crippen LogP contribution in [0.3, 0.4) is 0 Å². The van der Waals surface area contributed by atoms with Crippen LogP contribution in [0.2, 0.25) is 10.0 Å². The van der Waals surface area contributed by atoms with E-state index in [0.29, 0.717) is 10.0 Å². The van der Waals surface area contributed by atoms with Crippen molar-refractivity contribution in [2.45, 2.75) is 13.0 Å². The van der Waals surface area contributed by atoms with Crippen LogP contribution in [0.5, 0.6) is 0 Å². The highest BCUT2D eigenvalue weighted by Gasteiger charge is 2.25. The molecular weight excluding hydrogens is 403 g/mol. The van der Waals surface area contributed by atoms with Crippen LogP contribution in [-0.4, -0.2) is 14.7 Å². The van der Waals surface area contributed by atoms with Crippen LogP contribution in [0.1, 0.15) is 22.8 Å². The van der Waals surface area contributed by atoms with Gasteiger partial charge < -0.3 is 9.67 Å². The highest BCUT2D eigenvalue weighted by Crippen LogP contribution is 2.42. The Morgan fingerprint density at radius 1 is 1.00 bits per heavy atom. The number of aromatic nitrogens is 2. The number of halogens is 2. The minimum Gasteiger partial charge on any atom is -0.383 e. The average molecular weight is 423 g/mol.